The molecule has 0 amide bonds. The van der Waals surface area contributed by atoms with Crippen molar-refractivity contribution >= 4 is 0 Å². The van der Waals surface area contributed by atoms with Gasteiger partial charge in [-0.25, -0.2) is 0 Å². The van der Waals surface area contributed by atoms with Crippen LogP contribution in [0.3, 0.4) is 0 Å². The molecule has 0 atom stereocenters. The molecule has 3 rings (SSSR count). The lowest BCUT2D eigenvalue weighted by Gasteiger charge is -2.05. The molecule has 0 spiro atoms. The van der Waals surface area contributed by atoms with Crippen LogP contribution in [0.25, 0.3) is 16.8 Å². The minimum Gasteiger partial charge on any atom is -0.539 e. The molecule has 0 saturated heterocycles. The van der Waals surface area contributed by atoms with Crippen LogP contribution in [0.1, 0.15) is 44.6 Å². The molecule has 4 heteroatoms. The van der Waals surface area contributed by atoms with E-state index in [9.17, 15) is 5.11 Å². The number of benzene rings is 2. The Morgan fingerprint density at radius 1 is 0.880 bits per heavy atom. The molecular weight excluding hydrogens is 312 g/mol. The lowest BCUT2D eigenvalue weighted by Crippen LogP contribution is -2.31. The van der Waals surface area contributed by atoms with E-state index in [-0.39, 0.29) is 0 Å². The van der Waals surface area contributed by atoms with Gasteiger partial charge in [-0.3, -0.25) is 0 Å². The summed E-state index contributed by atoms with van der Waals surface area (Å²) >= 11 is 0. The molecule has 25 heavy (non-hydrogen) atoms. The number of aryl methyl sites for hydroxylation is 1. The number of hydrogen-bond donors (Lipinski definition) is 0. The van der Waals surface area contributed by atoms with E-state index in [0.717, 1.165) is 17.7 Å². The molecular formula is C21H24N2O2. The molecule has 0 aliphatic carbocycles. The normalized spacial score (nSPS) is 10.9. The van der Waals surface area contributed by atoms with Crippen molar-refractivity contribution in [1.29, 1.82) is 0 Å². The molecule has 0 bridgehead atoms. The zero-order valence-electron chi connectivity index (χ0n) is 14.6. The molecule has 3 aromatic rings. The van der Waals surface area contributed by atoms with E-state index in [0.29, 0.717) is 0 Å². The van der Waals surface area contributed by atoms with E-state index < -0.39 is 5.95 Å². The quantitative estimate of drug-likeness (QED) is 0.457. The van der Waals surface area contributed by atoms with Crippen LogP contribution < -0.4 is 9.79 Å². The van der Waals surface area contributed by atoms with Crippen LogP contribution in [0.5, 0.6) is 5.95 Å². The van der Waals surface area contributed by atoms with Crippen LogP contribution in [0.2, 0.25) is 0 Å². The molecule has 0 radical (unpaired) electrons. The third kappa shape index (κ3) is 4.69. The van der Waals surface area contributed by atoms with E-state index in [2.05, 4.69) is 41.0 Å². The number of hydrogen-bond acceptors (Lipinski definition) is 3. The SMILES string of the molecule is CCCCCCCc1ccc(-c2ccc(-[n+]3cc([O-])on3)cc2)cc1. The van der Waals surface area contributed by atoms with Gasteiger partial charge in [0.15, 0.2) is 0 Å². The Labute approximate surface area is 148 Å². The van der Waals surface area contributed by atoms with E-state index in [1.54, 1.807) is 0 Å². The molecule has 2 aromatic carbocycles. The summed E-state index contributed by atoms with van der Waals surface area (Å²) in [6.45, 7) is 2.25. The average molecular weight is 336 g/mol. The first-order chi connectivity index (χ1) is 12.3. The fourth-order valence-corrected chi connectivity index (χ4v) is 2.96. The highest BCUT2D eigenvalue weighted by molar-refractivity contribution is 5.64. The Balaban J connectivity index is 1.60. The third-order valence-electron chi connectivity index (χ3n) is 4.43. The summed E-state index contributed by atoms with van der Waals surface area (Å²) in [5, 5.41) is 14.7. The van der Waals surface area contributed by atoms with Gasteiger partial charge in [0.1, 0.15) is 5.95 Å². The van der Waals surface area contributed by atoms with Gasteiger partial charge in [0.05, 0.1) is 5.27 Å². The van der Waals surface area contributed by atoms with Crippen molar-refractivity contribution in [3.8, 4) is 22.8 Å². The summed E-state index contributed by atoms with van der Waals surface area (Å²) in [5.74, 6) is -0.450. The molecule has 0 aliphatic rings. The van der Waals surface area contributed by atoms with Crippen LogP contribution in [0, 0.1) is 0 Å². The van der Waals surface area contributed by atoms with E-state index in [1.165, 1.54) is 54.1 Å². The van der Waals surface area contributed by atoms with Gasteiger partial charge in [-0.2, -0.15) is 0 Å². The summed E-state index contributed by atoms with van der Waals surface area (Å²) < 4.78 is 6.00. The van der Waals surface area contributed by atoms with Crippen molar-refractivity contribution in [2.24, 2.45) is 0 Å². The number of unbranched alkanes of at least 4 members (excludes halogenated alkanes) is 4. The Bertz CT molecular complexity index is 776. The fourth-order valence-electron chi connectivity index (χ4n) is 2.96. The fraction of sp³-hybridized carbons (Fsp3) is 0.333. The van der Waals surface area contributed by atoms with Gasteiger partial charge >= 0.3 is 0 Å². The first kappa shape index (κ1) is 17.2. The highest BCUT2D eigenvalue weighted by atomic mass is 16.6. The molecule has 0 N–H and O–H groups in total. The lowest BCUT2D eigenvalue weighted by atomic mass is 10.0. The molecule has 1 heterocycles. The monoisotopic (exact) mass is 336 g/mol. The van der Waals surface area contributed by atoms with Gasteiger partial charge in [-0.15, -0.1) is 0 Å². The maximum absolute atomic E-state index is 11.1. The predicted molar refractivity (Wildman–Crippen MR) is 95.4 cm³/mol. The Hall–Kier alpha value is -2.62. The van der Waals surface area contributed by atoms with Crippen molar-refractivity contribution < 1.29 is 14.3 Å². The lowest BCUT2D eigenvalue weighted by molar-refractivity contribution is -0.670. The topological polar surface area (TPSA) is 53.0 Å². The molecule has 130 valence electrons. The summed E-state index contributed by atoms with van der Waals surface area (Å²) in [6, 6.07) is 16.7. The van der Waals surface area contributed by atoms with E-state index >= 15 is 0 Å². The van der Waals surface area contributed by atoms with Crippen molar-refractivity contribution in [3.63, 3.8) is 0 Å². The molecule has 4 nitrogen and oxygen atoms in total. The molecule has 0 unspecified atom stereocenters. The first-order valence-corrected chi connectivity index (χ1v) is 9.01. The highest BCUT2D eigenvalue weighted by Crippen LogP contribution is 2.21. The van der Waals surface area contributed by atoms with E-state index in [4.69, 9.17) is 0 Å². The maximum atomic E-state index is 11.1. The van der Waals surface area contributed by atoms with Crippen LogP contribution in [0.15, 0.2) is 59.3 Å². The predicted octanol–water partition coefficient (Wildman–Crippen LogP) is 4.20. The molecule has 0 aliphatic heterocycles. The second-order valence-corrected chi connectivity index (χ2v) is 6.37. The Morgan fingerprint density at radius 3 is 2.12 bits per heavy atom. The number of nitrogens with zero attached hydrogens (tertiary/aromatic N) is 2. The number of aromatic nitrogens is 2. The maximum Gasteiger partial charge on any atom is 0.239 e. The Morgan fingerprint density at radius 2 is 1.52 bits per heavy atom. The van der Waals surface area contributed by atoms with Crippen molar-refractivity contribution in [1.82, 2.24) is 5.27 Å². The molecule has 0 saturated carbocycles. The van der Waals surface area contributed by atoms with Gasteiger partial charge in [-0.05, 0) is 46.3 Å². The summed E-state index contributed by atoms with van der Waals surface area (Å²) in [5.41, 5.74) is 4.54. The highest BCUT2D eigenvalue weighted by Gasteiger charge is 2.09. The molecule has 0 fully saturated rings. The van der Waals surface area contributed by atoms with E-state index in [1.807, 2.05) is 24.3 Å². The third-order valence-corrected chi connectivity index (χ3v) is 4.43. The number of rotatable bonds is 8. The zero-order chi connectivity index (χ0) is 17.5. The first-order valence-electron chi connectivity index (χ1n) is 9.01. The van der Waals surface area contributed by atoms with Crippen LogP contribution in [-0.4, -0.2) is 5.27 Å². The minimum absolute atomic E-state index is 0.450. The van der Waals surface area contributed by atoms with Gasteiger partial charge < -0.3 is 9.63 Å². The standard InChI is InChI=1S/C21H24N2O2/c1-2-3-4-5-6-7-17-8-10-18(11-9-17)19-12-14-20(15-13-19)23-16-21(24)25-22-23/h8-16H,2-7H2,1H3. The van der Waals surface area contributed by atoms with Crippen molar-refractivity contribution in [2.45, 2.75) is 45.4 Å². The van der Waals surface area contributed by atoms with Crippen molar-refractivity contribution in [2.75, 3.05) is 0 Å². The Kier molecular flexibility index (Phi) is 5.83. The summed E-state index contributed by atoms with van der Waals surface area (Å²) in [4.78, 5) is 0. The minimum atomic E-state index is -0.450. The van der Waals surface area contributed by atoms with Gasteiger partial charge in [-0.1, -0.05) is 56.9 Å². The van der Waals surface area contributed by atoms with Gasteiger partial charge in [0, 0.05) is 12.1 Å². The van der Waals surface area contributed by atoms with Gasteiger partial charge in [0.2, 0.25) is 11.9 Å². The smallest absolute Gasteiger partial charge is 0.239 e. The van der Waals surface area contributed by atoms with Crippen molar-refractivity contribution in [3.05, 3.63) is 60.3 Å². The van der Waals surface area contributed by atoms with Crippen LogP contribution >= 0.6 is 0 Å². The zero-order valence-corrected chi connectivity index (χ0v) is 14.6. The second kappa shape index (κ2) is 8.47. The summed E-state index contributed by atoms with van der Waals surface area (Å²) in [6.07, 6.45) is 9.05. The largest absolute Gasteiger partial charge is 0.539 e. The molecule has 1 aromatic heterocycles. The average Bonchev–Trinajstić information content (AvgIpc) is 3.09. The van der Waals surface area contributed by atoms with Crippen LogP contribution in [-0.2, 0) is 6.42 Å². The van der Waals surface area contributed by atoms with Gasteiger partial charge in [0.25, 0.3) is 0 Å². The second-order valence-electron chi connectivity index (χ2n) is 6.37. The van der Waals surface area contributed by atoms with Crippen LogP contribution in [0.4, 0.5) is 0 Å². The summed E-state index contributed by atoms with van der Waals surface area (Å²) in [7, 11) is 0.